The highest BCUT2D eigenvalue weighted by atomic mass is 16.5. The summed E-state index contributed by atoms with van der Waals surface area (Å²) in [6.45, 7) is 2.00. The third-order valence-corrected chi connectivity index (χ3v) is 4.84. The molecule has 1 N–H and O–H groups in total. The monoisotopic (exact) mass is 335 g/mol. The average molecular weight is 335 g/mol. The van der Waals surface area contributed by atoms with Crippen molar-refractivity contribution in [3.8, 4) is 11.4 Å². The largest absolute Gasteiger partial charge is 0.496 e. The first-order chi connectivity index (χ1) is 12.1. The predicted molar refractivity (Wildman–Crippen MR) is 100 cm³/mol. The summed E-state index contributed by atoms with van der Waals surface area (Å²) in [4.78, 5) is 17.1. The molecule has 0 unspecified atom stereocenters. The Balaban J connectivity index is 2.15. The summed E-state index contributed by atoms with van der Waals surface area (Å²) in [6, 6.07) is 12.1. The fourth-order valence-electron chi connectivity index (χ4n) is 3.38. The van der Waals surface area contributed by atoms with Gasteiger partial charge in [0.05, 0.1) is 23.7 Å². The van der Waals surface area contributed by atoms with Gasteiger partial charge < -0.3 is 10.1 Å². The van der Waals surface area contributed by atoms with Gasteiger partial charge in [0.25, 0.3) is 0 Å². The van der Waals surface area contributed by atoms with Crippen LogP contribution < -0.4 is 15.7 Å². The van der Waals surface area contributed by atoms with Gasteiger partial charge in [-0.1, -0.05) is 18.2 Å². The van der Waals surface area contributed by atoms with E-state index >= 15 is 0 Å². The second-order valence-electron chi connectivity index (χ2n) is 6.51. The van der Waals surface area contributed by atoms with Gasteiger partial charge in [-0.15, -0.1) is 0 Å². The molecular formula is C20H21N3O2. The highest BCUT2D eigenvalue weighted by Gasteiger charge is 2.26. The molecule has 0 bridgehead atoms. The number of methoxy groups -OCH3 is 1. The second-order valence-corrected chi connectivity index (χ2v) is 6.51. The molecule has 1 aromatic heterocycles. The molecule has 1 aliphatic rings. The van der Waals surface area contributed by atoms with Crippen LogP contribution in [0, 0.1) is 6.92 Å². The Hall–Kier alpha value is -2.82. The molecule has 0 aliphatic heterocycles. The summed E-state index contributed by atoms with van der Waals surface area (Å²) in [6.07, 6.45) is 2.38. The van der Waals surface area contributed by atoms with Crippen molar-refractivity contribution >= 4 is 16.7 Å². The Labute approximate surface area is 146 Å². The van der Waals surface area contributed by atoms with Crippen LogP contribution in [0.15, 0.2) is 41.2 Å². The van der Waals surface area contributed by atoms with Crippen LogP contribution in [-0.4, -0.2) is 23.7 Å². The van der Waals surface area contributed by atoms with Gasteiger partial charge in [-0.05, 0) is 55.0 Å². The topological polar surface area (TPSA) is 56.2 Å². The van der Waals surface area contributed by atoms with E-state index in [9.17, 15) is 4.79 Å². The zero-order valence-corrected chi connectivity index (χ0v) is 14.7. The van der Waals surface area contributed by atoms with Crippen LogP contribution in [0.1, 0.15) is 29.9 Å². The van der Waals surface area contributed by atoms with E-state index in [4.69, 9.17) is 4.74 Å². The maximum atomic E-state index is 12.8. The van der Waals surface area contributed by atoms with Gasteiger partial charge in [-0.2, -0.15) is 4.98 Å². The number of fused-ring (bicyclic) bond motifs is 1. The van der Waals surface area contributed by atoms with Gasteiger partial charge in [-0.3, -0.25) is 4.57 Å². The number of aromatic nitrogens is 2. The zero-order valence-electron chi connectivity index (χ0n) is 14.7. The first-order valence-corrected chi connectivity index (χ1v) is 8.52. The number of para-hydroxylation sites is 1. The van der Waals surface area contributed by atoms with E-state index < -0.39 is 0 Å². The Morgan fingerprint density at radius 1 is 1.24 bits per heavy atom. The molecule has 0 spiro atoms. The van der Waals surface area contributed by atoms with Crippen LogP contribution in [0.25, 0.3) is 16.6 Å². The number of hydrogen-bond donors (Lipinski definition) is 1. The Kier molecular flexibility index (Phi) is 3.71. The first-order valence-electron chi connectivity index (χ1n) is 8.52. The SMILES string of the molecule is CNc1nc(=O)n(-c2ccccc2C)c2cc(C3CC3)cc(OC)c12. The minimum absolute atomic E-state index is 0.291. The van der Waals surface area contributed by atoms with Gasteiger partial charge in [0.2, 0.25) is 0 Å². The normalized spacial score (nSPS) is 13.9. The van der Waals surface area contributed by atoms with Crippen molar-refractivity contribution in [3.63, 3.8) is 0 Å². The second kappa shape index (κ2) is 5.92. The van der Waals surface area contributed by atoms with E-state index in [1.165, 1.54) is 18.4 Å². The number of hydrogen-bond acceptors (Lipinski definition) is 4. The molecule has 0 atom stereocenters. The summed E-state index contributed by atoms with van der Waals surface area (Å²) >= 11 is 0. The van der Waals surface area contributed by atoms with Crippen LogP contribution in [0.5, 0.6) is 5.75 Å². The third kappa shape index (κ3) is 2.56. The number of nitrogens with one attached hydrogen (secondary N) is 1. The van der Waals surface area contributed by atoms with Crippen molar-refractivity contribution in [1.29, 1.82) is 0 Å². The molecule has 0 saturated heterocycles. The Bertz CT molecular complexity index is 1020. The van der Waals surface area contributed by atoms with Crippen molar-refractivity contribution in [2.45, 2.75) is 25.7 Å². The minimum Gasteiger partial charge on any atom is -0.496 e. The summed E-state index contributed by atoms with van der Waals surface area (Å²) in [5.74, 6) is 1.85. The van der Waals surface area contributed by atoms with E-state index in [1.807, 2.05) is 31.2 Å². The van der Waals surface area contributed by atoms with E-state index in [0.717, 1.165) is 27.9 Å². The Morgan fingerprint density at radius 2 is 2.00 bits per heavy atom. The molecule has 128 valence electrons. The fourth-order valence-corrected chi connectivity index (χ4v) is 3.38. The van der Waals surface area contributed by atoms with E-state index in [0.29, 0.717) is 11.7 Å². The standard InChI is InChI=1S/C20H21N3O2/c1-12-6-4-5-7-15(12)23-16-10-14(13-8-9-13)11-17(25-3)18(16)19(21-2)22-20(23)24/h4-7,10-11,13H,8-9H2,1-3H3,(H,21,22,24). The van der Waals surface area contributed by atoms with Crippen LogP contribution in [-0.2, 0) is 0 Å². The summed E-state index contributed by atoms with van der Waals surface area (Å²) in [7, 11) is 3.43. The van der Waals surface area contributed by atoms with E-state index in [2.05, 4.69) is 22.4 Å². The van der Waals surface area contributed by atoms with Crippen LogP contribution >= 0.6 is 0 Å². The smallest absolute Gasteiger partial charge is 0.354 e. The molecule has 0 radical (unpaired) electrons. The molecule has 5 nitrogen and oxygen atoms in total. The predicted octanol–water partition coefficient (Wildman–Crippen LogP) is 3.62. The Morgan fingerprint density at radius 3 is 2.64 bits per heavy atom. The van der Waals surface area contributed by atoms with Crippen molar-refractivity contribution in [3.05, 3.63) is 58.0 Å². The maximum absolute atomic E-state index is 12.8. The van der Waals surface area contributed by atoms with Gasteiger partial charge in [0.1, 0.15) is 11.6 Å². The van der Waals surface area contributed by atoms with Crippen molar-refractivity contribution in [1.82, 2.24) is 9.55 Å². The zero-order chi connectivity index (χ0) is 17.6. The van der Waals surface area contributed by atoms with Gasteiger partial charge in [0.15, 0.2) is 0 Å². The lowest BCUT2D eigenvalue weighted by molar-refractivity contribution is 0.419. The van der Waals surface area contributed by atoms with Crippen molar-refractivity contribution in [2.75, 3.05) is 19.5 Å². The molecule has 1 heterocycles. The van der Waals surface area contributed by atoms with E-state index in [-0.39, 0.29) is 5.69 Å². The quantitative estimate of drug-likeness (QED) is 0.791. The molecule has 0 amide bonds. The van der Waals surface area contributed by atoms with Gasteiger partial charge >= 0.3 is 5.69 Å². The summed E-state index contributed by atoms with van der Waals surface area (Å²) in [5, 5.41) is 3.87. The lowest BCUT2D eigenvalue weighted by Crippen LogP contribution is -2.24. The van der Waals surface area contributed by atoms with Crippen molar-refractivity contribution in [2.24, 2.45) is 0 Å². The number of nitrogens with zero attached hydrogens (tertiary/aromatic N) is 2. The fraction of sp³-hybridized carbons (Fsp3) is 0.300. The van der Waals surface area contributed by atoms with E-state index in [1.54, 1.807) is 18.7 Å². The number of aryl methyl sites for hydroxylation is 1. The maximum Gasteiger partial charge on any atom is 0.354 e. The molecule has 3 aromatic rings. The molecule has 5 heteroatoms. The molecule has 1 aliphatic carbocycles. The highest BCUT2D eigenvalue weighted by Crippen LogP contribution is 2.44. The van der Waals surface area contributed by atoms with Crippen LogP contribution in [0.3, 0.4) is 0 Å². The third-order valence-electron chi connectivity index (χ3n) is 4.84. The molecule has 1 saturated carbocycles. The summed E-state index contributed by atoms with van der Waals surface area (Å²) in [5.41, 5.74) is 3.64. The number of benzene rings is 2. The average Bonchev–Trinajstić information content (AvgIpc) is 3.46. The summed E-state index contributed by atoms with van der Waals surface area (Å²) < 4.78 is 7.35. The lowest BCUT2D eigenvalue weighted by atomic mass is 10.1. The van der Waals surface area contributed by atoms with Crippen LogP contribution in [0.4, 0.5) is 5.82 Å². The first kappa shape index (κ1) is 15.7. The number of rotatable bonds is 4. The molecule has 1 fully saturated rings. The van der Waals surface area contributed by atoms with Gasteiger partial charge in [-0.25, -0.2) is 4.79 Å². The molecule has 25 heavy (non-hydrogen) atoms. The minimum atomic E-state index is -0.291. The van der Waals surface area contributed by atoms with Gasteiger partial charge in [0, 0.05) is 7.05 Å². The molecular weight excluding hydrogens is 314 g/mol. The molecule has 2 aromatic carbocycles. The van der Waals surface area contributed by atoms with Crippen LogP contribution in [0.2, 0.25) is 0 Å². The number of ether oxygens (including phenoxy) is 1. The number of anilines is 1. The lowest BCUT2D eigenvalue weighted by Gasteiger charge is -2.17. The highest BCUT2D eigenvalue weighted by molar-refractivity contribution is 5.96. The van der Waals surface area contributed by atoms with Crippen molar-refractivity contribution < 1.29 is 4.74 Å². The molecule has 4 rings (SSSR count).